The van der Waals surface area contributed by atoms with Gasteiger partial charge in [-0.3, -0.25) is 4.90 Å². The number of hydrogen-bond donors (Lipinski definition) is 2. The quantitative estimate of drug-likeness (QED) is 0.835. The maximum atomic E-state index is 13.4. The van der Waals surface area contributed by atoms with Gasteiger partial charge in [0.15, 0.2) is 0 Å². The van der Waals surface area contributed by atoms with Crippen LogP contribution in [0.3, 0.4) is 0 Å². The number of phenolic OH excluding ortho intramolecular Hbond substituents is 1. The summed E-state index contributed by atoms with van der Waals surface area (Å²) in [5.41, 5.74) is -0.223. The van der Waals surface area contributed by atoms with Gasteiger partial charge in [-0.2, -0.15) is 13.2 Å². The number of nitrogens with zero attached hydrogens (tertiary/aromatic N) is 1. The van der Waals surface area contributed by atoms with Crippen LogP contribution in [0.4, 0.5) is 13.2 Å². The summed E-state index contributed by atoms with van der Waals surface area (Å²) >= 11 is 8.84. The molecule has 1 atom stereocenters. The summed E-state index contributed by atoms with van der Waals surface area (Å²) in [6.07, 6.45) is -4.49. The molecule has 0 spiro atoms. The van der Waals surface area contributed by atoms with Crippen molar-refractivity contribution in [1.82, 2.24) is 10.2 Å². The Kier molecular flexibility index (Phi) is 4.84. The van der Waals surface area contributed by atoms with Gasteiger partial charge in [0.1, 0.15) is 11.8 Å². The Bertz CT molecular complexity index is 492. The first-order valence-electron chi connectivity index (χ1n) is 6.00. The molecule has 1 aliphatic heterocycles. The number of nitrogens with one attached hydrogen (secondary N) is 1. The van der Waals surface area contributed by atoms with Gasteiger partial charge in [-0.15, -0.1) is 0 Å². The monoisotopic (exact) mass is 372 g/mol. The van der Waals surface area contributed by atoms with Crippen LogP contribution in [-0.2, 0) is 0 Å². The molecule has 0 saturated carbocycles. The topological polar surface area (TPSA) is 35.5 Å². The zero-order valence-electron chi connectivity index (χ0n) is 10.3. The molecule has 1 saturated heterocycles. The van der Waals surface area contributed by atoms with Crippen LogP contribution >= 0.6 is 27.5 Å². The van der Waals surface area contributed by atoms with Crippen molar-refractivity contribution in [3.05, 3.63) is 27.2 Å². The number of alkyl halides is 3. The first-order valence-corrected chi connectivity index (χ1v) is 7.17. The molecule has 8 heteroatoms. The molecule has 20 heavy (non-hydrogen) atoms. The minimum absolute atomic E-state index is 0.147. The van der Waals surface area contributed by atoms with Crippen LogP contribution in [0.5, 0.6) is 5.75 Å². The fourth-order valence-electron chi connectivity index (χ4n) is 2.31. The zero-order valence-corrected chi connectivity index (χ0v) is 12.7. The van der Waals surface area contributed by atoms with Crippen molar-refractivity contribution in [1.29, 1.82) is 0 Å². The molecule has 0 amide bonds. The number of hydrogen-bond acceptors (Lipinski definition) is 3. The second-order valence-corrected chi connectivity index (χ2v) is 5.85. The van der Waals surface area contributed by atoms with Gasteiger partial charge in [0.05, 0.1) is 4.47 Å². The molecule has 112 valence electrons. The third-order valence-electron chi connectivity index (χ3n) is 3.18. The van der Waals surface area contributed by atoms with E-state index in [0.29, 0.717) is 13.1 Å². The number of benzene rings is 1. The molecular formula is C12H13BrClF3N2O. The van der Waals surface area contributed by atoms with E-state index in [4.69, 9.17) is 11.6 Å². The van der Waals surface area contributed by atoms with Crippen molar-refractivity contribution in [3.63, 3.8) is 0 Å². The zero-order chi connectivity index (χ0) is 14.9. The molecule has 1 fully saturated rings. The summed E-state index contributed by atoms with van der Waals surface area (Å²) in [4.78, 5) is 1.30. The van der Waals surface area contributed by atoms with E-state index >= 15 is 0 Å². The first kappa shape index (κ1) is 15.9. The Morgan fingerprint density at radius 1 is 1.30 bits per heavy atom. The standard InChI is InChI=1S/C12H13BrClF3N2O/c13-9-6-7(14)5-8(10(9)20)11(12(15,16)17)19-3-1-18-2-4-19/h5-6,11,18,20H,1-4H2/t11-/m1/s1. The molecule has 1 heterocycles. The van der Waals surface area contributed by atoms with Crippen LogP contribution in [0.15, 0.2) is 16.6 Å². The maximum Gasteiger partial charge on any atom is 0.408 e. The highest BCUT2D eigenvalue weighted by Gasteiger charge is 2.46. The van der Waals surface area contributed by atoms with Crippen molar-refractivity contribution < 1.29 is 18.3 Å². The Morgan fingerprint density at radius 3 is 2.45 bits per heavy atom. The predicted octanol–water partition coefficient (Wildman–Crippen LogP) is 3.32. The van der Waals surface area contributed by atoms with Gasteiger partial charge in [0.25, 0.3) is 0 Å². The minimum atomic E-state index is -4.49. The molecule has 0 aromatic heterocycles. The highest BCUT2D eigenvalue weighted by molar-refractivity contribution is 9.10. The average molecular weight is 374 g/mol. The van der Waals surface area contributed by atoms with Crippen LogP contribution < -0.4 is 5.32 Å². The van der Waals surface area contributed by atoms with Crippen molar-refractivity contribution in [2.75, 3.05) is 26.2 Å². The highest BCUT2D eigenvalue weighted by atomic mass is 79.9. The minimum Gasteiger partial charge on any atom is -0.506 e. The summed E-state index contributed by atoms with van der Waals surface area (Å²) in [6.45, 7) is 1.48. The molecule has 3 nitrogen and oxygen atoms in total. The number of aromatic hydroxyl groups is 1. The van der Waals surface area contributed by atoms with E-state index in [1.807, 2.05) is 0 Å². The highest BCUT2D eigenvalue weighted by Crippen LogP contribution is 2.44. The van der Waals surface area contributed by atoms with Crippen LogP contribution in [0.25, 0.3) is 0 Å². The van der Waals surface area contributed by atoms with Crippen molar-refractivity contribution in [2.45, 2.75) is 12.2 Å². The molecule has 1 aromatic carbocycles. The fourth-order valence-corrected chi connectivity index (χ4v) is 3.15. The molecule has 1 aliphatic rings. The normalized spacial score (nSPS) is 19.1. The molecule has 0 unspecified atom stereocenters. The lowest BCUT2D eigenvalue weighted by molar-refractivity contribution is -0.188. The Balaban J connectivity index is 2.46. The van der Waals surface area contributed by atoms with Gasteiger partial charge < -0.3 is 10.4 Å². The van der Waals surface area contributed by atoms with Gasteiger partial charge >= 0.3 is 6.18 Å². The van der Waals surface area contributed by atoms with E-state index in [1.54, 1.807) is 0 Å². The van der Waals surface area contributed by atoms with Gasteiger partial charge in [-0.05, 0) is 28.1 Å². The number of piperazine rings is 1. The van der Waals surface area contributed by atoms with Gasteiger partial charge in [0.2, 0.25) is 0 Å². The van der Waals surface area contributed by atoms with E-state index in [0.717, 1.165) is 0 Å². The number of phenols is 1. The molecular weight excluding hydrogens is 360 g/mol. The summed E-state index contributed by atoms with van der Waals surface area (Å²) < 4.78 is 40.4. The van der Waals surface area contributed by atoms with Crippen LogP contribution in [0, 0.1) is 0 Å². The third kappa shape index (κ3) is 3.39. The molecule has 1 aromatic rings. The summed E-state index contributed by atoms with van der Waals surface area (Å²) in [7, 11) is 0. The van der Waals surface area contributed by atoms with Crippen molar-refractivity contribution in [3.8, 4) is 5.75 Å². The summed E-state index contributed by atoms with van der Waals surface area (Å²) in [5.74, 6) is -0.421. The number of halogens is 5. The fraction of sp³-hybridized carbons (Fsp3) is 0.500. The van der Waals surface area contributed by atoms with Crippen molar-refractivity contribution in [2.24, 2.45) is 0 Å². The summed E-state index contributed by atoms with van der Waals surface area (Å²) in [5, 5.41) is 13.1. The lowest BCUT2D eigenvalue weighted by Crippen LogP contribution is -2.49. The van der Waals surface area contributed by atoms with E-state index < -0.39 is 18.0 Å². The molecule has 0 aliphatic carbocycles. The summed E-state index contributed by atoms with van der Waals surface area (Å²) in [6, 6.07) is 0.674. The molecule has 0 bridgehead atoms. The second-order valence-electron chi connectivity index (χ2n) is 4.56. The van der Waals surface area contributed by atoms with Gasteiger partial charge in [-0.25, -0.2) is 0 Å². The first-order chi connectivity index (χ1) is 9.30. The lowest BCUT2D eigenvalue weighted by Gasteiger charge is -2.36. The third-order valence-corrected chi connectivity index (χ3v) is 4.00. The van der Waals surface area contributed by atoms with Crippen molar-refractivity contribution >= 4 is 27.5 Å². The van der Waals surface area contributed by atoms with Crippen LogP contribution in [-0.4, -0.2) is 42.4 Å². The molecule has 0 radical (unpaired) electrons. The second kappa shape index (κ2) is 6.09. The van der Waals surface area contributed by atoms with Crippen LogP contribution in [0.1, 0.15) is 11.6 Å². The predicted molar refractivity (Wildman–Crippen MR) is 74.1 cm³/mol. The van der Waals surface area contributed by atoms with E-state index in [2.05, 4.69) is 21.2 Å². The van der Waals surface area contributed by atoms with E-state index in [1.165, 1.54) is 17.0 Å². The number of rotatable bonds is 2. The maximum absolute atomic E-state index is 13.4. The van der Waals surface area contributed by atoms with E-state index in [9.17, 15) is 18.3 Å². The largest absolute Gasteiger partial charge is 0.506 e. The molecule has 2 rings (SSSR count). The lowest BCUT2D eigenvalue weighted by atomic mass is 10.0. The average Bonchev–Trinajstić information content (AvgIpc) is 2.35. The Labute approximate surface area is 127 Å². The Hall–Kier alpha value is -0.500. The van der Waals surface area contributed by atoms with Gasteiger partial charge in [0, 0.05) is 36.8 Å². The van der Waals surface area contributed by atoms with Gasteiger partial charge in [-0.1, -0.05) is 11.6 Å². The SMILES string of the molecule is Oc1c(Br)cc(Cl)cc1[C@@H](N1CCNCC1)C(F)(F)F. The Morgan fingerprint density at radius 2 is 1.90 bits per heavy atom. The molecule has 2 N–H and O–H groups in total. The van der Waals surface area contributed by atoms with Crippen LogP contribution in [0.2, 0.25) is 5.02 Å². The van der Waals surface area contributed by atoms with E-state index in [-0.39, 0.29) is 28.1 Å². The smallest absolute Gasteiger partial charge is 0.408 e.